The molecule has 1 fully saturated rings. The average molecular weight is 587 g/mol. The van der Waals surface area contributed by atoms with E-state index in [2.05, 4.69) is 5.32 Å². The second kappa shape index (κ2) is 12.1. The number of benzene rings is 3. The zero-order valence-electron chi connectivity index (χ0n) is 21.1. The second-order valence-electron chi connectivity index (χ2n) is 8.83. The van der Waals surface area contributed by atoms with E-state index in [-0.39, 0.29) is 35.0 Å². The molecule has 0 bridgehead atoms. The Kier molecular flexibility index (Phi) is 8.59. The summed E-state index contributed by atoms with van der Waals surface area (Å²) in [7, 11) is -4.48. The Morgan fingerprint density at radius 2 is 1.73 bits per heavy atom. The van der Waals surface area contributed by atoms with E-state index in [0.29, 0.717) is 4.31 Å². The number of carboxylic acids is 1. The number of nitrogens with zero attached hydrogens (tertiary/aromatic N) is 3. The van der Waals surface area contributed by atoms with Gasteiger partial charge in [-0.05, 0) is 42.0 Å². The molecule has 3 aromatic rings. The van der Waals surface area contributed by atoms with Crippen molar-refractivity contribution in [3.63, 3.8) is 0 Å². The topological polar surface area (TPSA) is 176 Å². The van der Waals surface area contributed by atoms with Crippen LogP contribution in [-0.2, 0) is 19.6 Å². The number of non-ortho nitro benzene ring substituents is 1. The van der Waals surface area contributed by atoms with Gasteiger partial charge >= 0.3 is 12.1 Å². The standard InChI is InChI=1S/C26H23FN4O9S/c27-18-9-11-21(12-10-18)41(38,39)30-14-13-29(26(35)40-20-7-2-1-3-8-20)25(30)24(34)28-22(16-23(32)33)17-5-4-6-19(15-17)31(36)37/h1-12,15,22,25H,13-14,16H2,(H,28,34)(H,32,33). The lowest BCUT2D eigenvalue weighted by Gasteiger charge is -2.29. The largest absolute Gasteiger partial charge is 0.481 e. The summed E-state index contributed by atoms with van der Waals surface area (Å²) in [4.78, 5) is 49.5. The molecule has 214 valence electrons. The van der Waals surface area contributed by atoms with E-state index in [4.69, 9.17) is 4.74 Å². The van der Waals surface area contributed by atoms with Crippen LogP contribution >= 0.6 is 0 Å². The molecule has 0 aliphatic carbocycles. The Bertz CT molecular complexity index is 1570. The molecule has 0 aromatic heterocycles. The fraction of sp³-hybridized carbons (Fsp3) is 0.192. The number of rotatable bonds is 9. The normalized spacial score (nSPS) is 16.1. The van der Waals surface area contributed by atoms with Crippen LogP contribution in [0.5, 0.6) is 5.75 Å². The second-order valence-corrected chi connectivity index (χ2v) is 10.7. The van der Waals surface area contributed by atoms with E-state index < -0.39 is 57.4 Å². The van der Waals surface area contributed by atoms with E-state index in [1.54, 1.807) is 18.2 Å². The molecule has 13 nitrogen and oxygen atoms in total. The first-order valence-electron chi connectivity index (χ1n) is 12.0. The number of nitro benzene ring substituents is 1. The minimum Gasteiger partial charge on any atom is -0.481 e. The minimum absolute atomic E-state index is 0.0688. The Labute approximate surface area is 233 Å². The fourth-order valence-electron chi connectivity index (χ4n) is 4.24. The zero-order valence-corrected chi connectivity index (χ0v) is 21.9. The van der Waals surface area contributed by atoms with Gasteiger partial charge < -0.3 is 15.2 Å². The van der Waals surface area contributed by atoms with Crippen LogP contribution in [0, 0.1) is 15.9 Å². The van der Waals surface area contributed by atoms with Crippen molar-refractivity contribution in [3.05, 3.63) is 100 Å². The van der Waals surface area contributed by atoms with Crippen molar-refractivity contribution in [2.24, 2.45) is 0 Å². The van der Waals surface area contributed by atoms with Gasteiger partial charge in [0, 0.05) is 25.2 Å². The van der Waals surface area contributed by atoms with Crippen LogP contribution in [-0.4, -0.2) is 64.9 Å². The summed E-state index contributed by atoms with van der Waals surface area (Å²) >= 11 is 0. The van der Waals surface area contributed by atoms with Crippen molar-refractivity contribution in [2.75, 3.05) is 13.1 Å². The van der Waals surface area contributed by atoms with Gasteiger partial charge in [-0.15, -0.1) is 0 Å². The van der Waals surface area contributed by atoms with Crippen molar-refractivity contribution >= 4 is 33.7 Å². The Balaban J connectivity index is 1.70. The summed E-state index contributed by atoms with van der Waals surface area (Å²) in [5.41, 5.74) is -0.291. The molecule has 1 heterocycles. The first kappa shape index (κ1) is 29.1. The molecule has 15 heteroatoms. The molecule has 41 heavy (non-hydrogen) atoms. The number of carbonyl (C=O) groups is 3. The van der Waals surface area contributed by atoms with Crippen molar-refractivity contribution < 1.29 is 42.0 Å². The molecule has 2 amide bonds. The first-order valence-corrected chi connectivity index (χ1v) is 13.5. The van der Waals surface area contributed by atoms with Crippen LogP contribution in [0.25, 0.3) is 0 Å². The van der Waals surface area contributed by atoms with Crippen molar-refractivity contribution in [2.45, 2.75) is 23.5 Å². The molecule has 2 unspecified atom stereocenters. The zero-order chi connectivity index (χ0) is 29.7. The summed E-state index contributed by atoms with van der Waals surface area (Å²) in [6, 6.07) is 15.3. The van der Waals surface area contributed by atoms with Gasteiger partial charge in [0.1, 0.15) is 11.6 Å². The Hall–Kier alpha value is -4.89. The number of ether oxygens (including phenoxy) is 1. The van der Waals surface area contributed by atoms with Crippen molar-refractivity contribution in [1.82, 2.24) is 14.5 Å². The summed E-state index contributed by atoms with van der Waals surface area (Å²) in [6.45, 7) is -0.618. The van der Waals surface area contributed by atoms with Crippen molar-refractivity contribution in [3.8, 4) is 5.75 Å². The number of nitro groups is 1. The SMILES string of the molecule is O=C(O)CC(NC(=O)C1N(C(=O)Oc2ccccc2)CCN1S(=O)(=O)c1ccc(F)cc1)c1cccc([N+](=O)[O-])c1. The number of aliphatic carboxylic acids is 1. The third kappa shape index (κ3) is 6.64. The maximum atomic E-state index is 13.7. The van der Waals surface area contributed by atoms with Gasteiger partial charge in [0.25, 0.3) is 11.6 Å². The lowest BCUT2D eigenvalue weighted by Crippen LogP contribution is -2.54. The maximum absolute atomic E-state index is 13.7. The number of hydrogen-bond donors (Lipinski definition) is 2. The van der Waals surface area contributed by atoms with Crippen LogP contribution < -0.4 is 10.1 Å². The summed E-state index contributed by atoms with van der Waals surface area (Å²) in [5, 5.41) is 23.1. The number of amides is 2. The van der Waals surface area contributed by atoms with E-state index >= 15 is 0 Å². The van der Waals surface area contributed by atoms with Gasteiger partial charge in [-0.3, -0.25) is 24.6 Å². The fourth-order valence-corrected chi connectivity index (χ4v) is 5.78. The van der Waals surface area contributed by atoms with Gasteiger partial charge in [0.15, 0.2) is 6.17 Å². The molecular weight excluding hydrogens is 563 g/mol. The van der Waals surface area contributed by atoms with Crippen LogP contribution in [0.3, 0.4) is 0 Å². The number of para-hydroxylation sites is 1. The number of hydrogen-bond acceptors (Lipinski definition) is 8. The molecule has 1 saturated heterocycles. The van der Waals surface area contributed by atoms with Crippen LogP contribution in [0.2, 0.25) is 0 Å². The summed E-state index contributed by atoms with van der Waals surface area (Å²) in [5.74, 6) is -3.02. The highest BCUT2D eigenvalue weighted by atomic mass is 32.2. The number of carboxylic acid groups (broad SMARTS) is 1. The monoisotopic (exact) mass is 586 g/mol. The lowest BCUT2D eigenvalue weighted by atomic mass is 10.0. The summed E-state index contributed by atoms with van der Waals surface area (Å²) < 4.78 is 46.6. The number of nitrogens with one attached hydrogen (secondary N) is 1. The van der Waals surface area contributed by atoms with Gasteiger partial charge in [-0.25, -0.2) is 17.6 Å². The number of halogens is 1. The van der Waals surface area contributed by atoms with E-state index in [9.17, 15) is 42.4 Å². The van der Waals surface area contributed by atoms with Crippen LogP contribution in [0.4, 0.5) is 14.9 Å². The minimum atomic E-state index is -4.48. The third-order valence-corrected chi connectivity index (χ3v) is 8.01. The molecule has 1 aliphatic rings. The molecule has 0 saturated carbocycles. The number of sulfonamides is 1. The number of carbonyl (C=O) groups excluding carboxylic acids is 2. The van der Waals surface area contributed by atoms with Gasteiger partial charge in [0.2, 0.25) is 10.0 Å². The molecule has 1 aliphatic heterocycles. The molecule has 2 N–H and O–H groups in total. The molecule has 3 aromatic carbocycles. The van der Waals surface area contributed by atoms with E-state index in [0.717, 1.165) is 35.2 Å². The molecule has 0 radical (unpaired) electrons. The van der Waals surface area contributed by atoms with Crippen LogP contribution in [0.15, 0.2) is 83.8 Å². The summed E-state index contributed by atoms with van der Waals surface area (Å²) in [6.07, 6.45) is -3.60. The molecule has 4 rings (SSSR count). The van der Waals surface area contributed by atoms with E-state index in [1.807, 2.05) is 0 Å². The quantitative estimate of drug-likeness (QED) is 0.282. The van der Waals surface area contributed by atoms with Crippen LogP contribution in [0.1, 0.15) is 18.0 Å². The predicted octanol–water partition coefficient (Wildman–Crippen LogP) is 2.90. The van der Waals surface area contributed by atoms with Gasteiger partial charge in [-0.1, -0.05) is 30.3 Å². The Morgan fingerprint density at radius 3 is 2.37 bits per heavy atom. The first-order chi connectivity index (χ1) is 19.5. The maximum Gasteiger partial charge on any atom is 0.417 e. The van der Waals surface area contributed by atoms with E-state index in [1.165, 1.54) is 30.3 Å². The smallest absolute Gasteiger partial charge is 0.417 e. The Morgan fingerprint density at radius 1 is 1.05 bits per heavy atom. The predicted molar refractivity (Wildman–Crippen MR) is 139 cm³/mol. The highest BCUT2D eigenvalue weighted by molar-refractivity contribution is 7.89. The molecular formula is C26H23FN4O9S. The van der Waals surface area contributed by atoms with Gasteiger partial charge in [-0.2, -0.15) is 4.31 Å². The molecule has 0 spiro atoms. The van der Waals surface area contributed by atoms with Gasteiger partial charge in [0.05, 0.1) is 22.3 Å². The third-order valence-electron chi connectivity index (χ3n) is 6.15. The highest BCUT2D eigenvalue weighted by Gasteiger charge is 2.48. The van der Waals surface area contributed by atoms with Crippen molar-refractivity contribution in [1.29, 1.82) is 0 Å². The average Bonchev–Trinajstić information content (AvgIpc) is 3.40. The lowest BCUT2D eigenvalue weighted by molar-refractivity contribution is -0.384. The molecule has 2 atom stereocenters. The highest BCUT2D eigenvalue weighted by Crippen LogP contribution is 2.28.